The largest absolute Gasteiger partial charge is 0.461 e. The number of carbonyl (C=O) groups excluding carboxylic acids is 3. The summed E-state index contributed by atoms with van der Waals surface area (Å²) in [4.78, 5) is 32.9. The maximum Gasteiger partial charge on any atom is 0.333 e. The van der Waals surface area contributed by atoms with Crippen molar-refractivity contribution in [3.05, 3.63) is 12.2 Å². The summed E-state index contributed by atoms with van der Waals surface area (Å²) >= 11 is 0. The van der Waals surface area contributed by atoms with E-state index < -0.39 is 18.0 Å². The first-order valence-electron chi connectivity index (χ1n) is 5.38. The molecule has 0 bridgehead atoms. The maximum atomic E-state index is 11.2. The van der Waals surface area contributed by atoms with Crippen molar-refractivity contribution in [2.24, 2.45) is 0 Å². The van der Waals surface area contributed by atoms with E-state index in [0.717, 1.165) is 0 Å². The summed E-state index contributed by atoms with van der Waals surface area (Å²) in [6, 6.07) is 0. The number of Topliss-reactive ketones (excluding diaryl/α,β-unsaturated/α-hetero) is 1. The zero-order valence-electron chi connectivity index (χ0n) is 10.4. The Kier molecular flexibility index (Phi) is 6.86. The van der Waals surface area contributed by atoms with Crippen LogP contribution in [0.3, 0.4) is 0 Å². The Balaban J connectivity index is 4.06. The number of ketones is 1. The molecular weight excluding hydrogens is 224 g/mol. The molecule has 0 amide bonds. The minimum absolute atomic E-state index is 0.0400. The molecule has 0 aliphatic carbocycles. The number of esters is 2. The van der Waals surface area contributed by atoms with Gasteiger partial charge in [0, 0.05) is 5.57 Å². The summed E-state index contributed by atoms with van der Waals surface area (Å²) < 4.78 is 9.84. The van der Waals surface area contributed by atoms with Crippen LogP contribution in [-0.4, -0.2) is 30.4 Å². The number of rotatable bonds is 7. The van der Waals surface area contributed by atoms with Gasteiger partial charge in [-0.25, -0.2) is 4.79 Å². The second kappa shape index (κ2) is 7.60. The molecule has 0 saturated carbocycles. The molecule has 5 heteroatoms. The van der Waals surface area contributed by atoms with Gasteiger partial charge in [0.2, 0.25) is 0 Å². The van der Waals surface area contributed by atoms with Crippen LogP contribution in [0.4, 0.5) is 0 Å². The predicted octanol–water partition coefficient (Wildman–Crippen LogP) is 1.41. The van der Waals surface area contributed by atoms with Gasteiger partial charge in [0.05, 0.1) is 0 Å². The van der Waals surface area contributed by atoms with Gasteiger partial charge in [0.1, 0.15) is 24.9 Å². The van der Waals surface area contributed by atoms with Crippen molar-refractivity contribution in [3.63, 3.8) is 0 Å². The van der Waals surface area contributed by atoms with E-state index >= 15 is 0 Å². The molecule has 0 radical (unpaired) electrons. The summed E-state index contributed by atoms with van der Waals surface area (Å²) in [6.07, 6.45) is -0.243. The summed E-state index contributed by atoms with van der Waals surface area (Å²) in [5, 5.41) is 0. The van der Waals surface area contributed by atoms with Crippen LogP contribution in [0.2, 0.25) is 0 Å². The standard InChI is InChI=1S/C12H18O5/c1-5-10(17-12(15)8(2)3)7-16-11(14)6-9(4)13/h10H,2,5-7H2,1,3-4H3. The Labute approximate surface area is 101 Å². The molecule has 0 aromatic heterocycles. The van der Waals surface area contributed by atoms with Crippen molar-refractivity contribution in [2.75, 3.05) is 6.61 Å². The lowest BCUT2D eigenvalue weighted by Gasteiger charge is -2.16. The zero-order valence-corrected chi connectivity index (χ0v) is 10.4. The molecule has 1 unspecified atom stereocenters. The molecule has 0 heterocycles. The van der Waals surface area contributed by atoms with E-state index in [1.165, 1.54) is 13.8 Å². The highest BCUT2D eigenvalue weighted by molar-refractivity contribution is 5.94. The van der Waals surface area contributed by atoms with Crippen LogP contribution in [0.25, 0.3) is 0 Å². The Morgan fingerprint density at radius 2 is 1.82 bits per heavy atom. The number of carbonyl (C=O) groups is 3. The molecule has 17 heavy (non-hydrogen) atoms. The van der Waals surface area contributed by atoms with Crippen molar-refractivity contribution < 1.29 is 23.9 Å². The highest BCUT2D eigenvalue weighted by Crippen LogP contribution is 2.04. The third-order valence-corrected chi connectivity index (χ3v) is 1.90. The first-order valence-corrected chi connectivity index (χ1v) is 5.38. The molecule has 0 aliphatic heterocycles. The van der Waals surface area contributed by atoms with Crippen LogP contribution >= 0.6 is 0 Å². The van der Waals surface area contributed by atoms with Gasteiger partial charge >= 0.3 is 11.9 Å². The zero-order chi connectivity index (χ0) is 13.4. The first-order chi connectivity index (χ1) is 7.86. The Morgan fingerprint density at radius 1 is 1.24 bits per heavy atom. The molecular formula is C12H18O5. The third-order valence-electron chi connectivity index (χ3n) is 1.90. The molecule has 0 saturated heterocycles. The smallest absolute Gasteiger partial charge is 0.333 e. The second-order valence-electron chi connectivity index (χ2n) is 3.78. The van der Waals surface area contributed by atoms with Crippen molar-refractivity contribution >= 4 is 17.7 Å². The van der Waals surface area contributed by atoms with E-state index in [9.17, 15) is 14.4 Å². The van der Waals surface area contributed by atoms with Crippen LogP contribution in [0.1, 0.15) is 33.6 Å². The van der Waals surface area contributed by atoms with Gasteiger partial charge in [-0.05, 0) is 20.3 Å². The SMILES string of the molecule is C=C(C)C(=O)OC(CC)COC(=O)CC(C)=O. The fourth-order valence-electron chi connectivity index (χ4n) is 0.927. The lowest BCUT2D eigenvalue weighted by molar-refractivity contribution is -0.157. The molecule has 0 spiro atoms. The fourth-order valence-corrected chi connectivity index (χ4v) is 0.927. The van der Waals surface area contributed by atoms with E-state index in [1.807, 2.05) is 0 Å². The van der Waals surface area contributed by atoms with Gasteiger partial charge in [-0.1, -0.05) is 13.5 Å². The van der Waals surface area contributed by atoms with Crippen molar-refractivity contribution in [2.45, 2.75) is 39.7 Å². The number of hydrogen-bond donors (Lipinski definition) is 0. The highest BCUT2D eigenvalue weighted by Gasteiger charge is 2.16. The van der Waals surface area contributed by atoms with Gasteiger partial charge < -0.3 is 9.47 Å². The first kappa shape index (κ1) is 15.3. The third kappa shape index (κ3) is 7.27. The normalized spacial score (nSPS) is 11.5. The summed E-state index contributed by atoms with van der Waals surface area (Å²) in [5.74, 6) is -1.39. The Bertz CT molecular complexity index is 319. The highest BCUT2D eigenvalue weighted by atomic mass is 16.6. The van der Waals surface area contributed by atoms with Crippen LogP contribution in [0.15, 0.2) is 12.2 Å². The molecule has 0 fully saturated rings. The van der Waals surface area contributed by atoms with Crippen LogP contribution in [0.5, 0.6) is 0 Å². The lowest BCUT2D eigenvalue weighted by Crippen LogP contribution is -2.25. The lowest BCUT2D eigenvalue weighted by atomic mass is 10.3. The molecule has 5 nitrogen and oxygen atoms in total. The molecule has 0 N–H and O–H groups in total. The second-order valence-corrected chi connectivity index (χ2v) is 3.78. The van der Waals surface area contributed by atoms with E-state index in [4.69, 9.17) is 9.47 Å². The quantitative estimate of drug-likeness (QED) is 0.383. The van der Waals surface area contributed by atoms with Crippen molar-refractivity contribution in [3.8, 4) is 0 Å². The molecule has 1 atom stereocenters. The molecule has 0 rings (SSSR count). The van der Waals surface area contributed by atoms with Gasteiger partial charge in [-0.2, -0.15) is 0 Å². The average molecular weight is 242 g/mol. The summed E-state index contributed by atoms with van der Waals surface area (Å²) in [7, 11) is 0. The van der Waals surface area contributed by atoms with E-state index in [1.54, 1.807) is 6.92 Å². The average Bonchev–Trinajstić information content (AvgIpc) is 2.22. The fraction of sp³-hybridized carbons (Fsp3) is 0.583. The number of ether oxygens (including phenoxy) is 2. The van der Waals surface area contributed by atoms with Gasteiger partial charge in [0.25, 0.3) is 0 Å². The van der Waals surface area contributed by atoms with Gasteiger partial charge in [-0.15, -0.1) is 0 Å². The Morgan fingerprint density at radius 3 is 2.24 bits per heavy atom. The predicted molar refractivity (Wildman–Crippen MR) is 61.2 cm³/mol. The van der Waals surface area contributed by atoms with Crippen molar-refractivity contribution in [1.82, 2.24) is 0 Å². The van der Waals surface area contributed by atoms with E-state index in [0.29, 0.717) is 12.0 Å². The molecule has 0 aromatic rings. The van der Waals surface area contributed by atoms with Crippen molar-refractivity contribution in [1.29, 1.82) is 0 Å². The monoisotopic (exact) mass is 242 g/mol. The molecule has 0 aromatic carbocycles. The molecule has 96 valence electrons. The van der Waals surface area contributed by atoms with E-state index in [-0.39, 0.29) is 18.8 Å². The van der Waals surface area contributed by atoms with Crippen LogP contribution < -0.4 is 0 Å². The van der Waals surface area contributed by atoms with Crippen LogP contribution in [-0.2, 0) is 23.9 Å². The number of hydrogen-bond acceptors (Lipinski definition) is 5. The van der Waals surface area contributed by atoms with Gasteiger partial charge in [-0.3, -0.25) is 9.59 Å². The Hall–Kier alpha value is -1.65. The van der Waals surface area contributed by atoms with Gasteiger partial charge in [0.15, 0.2) is 0 Å². The van der Waals surface area contributed by atoms with E-state index in [2.05, 4.69) is 6.58 Å². The maximum absolute atomic E-state index is 11.2. The summed E-state index contributed by atoms with van der Waals surface area (Å²) in [5.41, 5.74) is 0.290. The minimum Gasteiger partial charge on any atom is -0.461 e. The molecule has 0 aliphatic rings. The minimum atomic E-state index is -0.609. The summed E-state index contributed by atoms with van der Waals surface area (Å²) in [6.45, 7) is 8.05. The topological polar surface area (TPSA) is 69.7 Å². The van der Waals surface area contributed by atoms with Crippen LogP contribution in [0, 0.1) is 0 Å².